The molecule has 0 saturated carbocycles. The van der Waals surface area contributed by atoms with Gasteiger partial charge in [0, 0.05) is 24.8 Å². The van der Waals surface area contributed by atoms with E-state index in [1.54, 1.807) is 6.92 Å². The fourth-order valence-electron chi connectivity index (χ4n) is 2.40. The molecule has 2 aromatic heterocycles. The molecule has 0 bridgehead atoms. The number of likely N-dealkylation sites (tertiary alicyclic amines) is 1. The summed E-state index contributed by atoms with van der Waals surface area (Å²) in [7, 11) is 0. The Hall–Kier alpha value is -1.80. The summed E-state index contributed by atoms with van der Waals surface area (Å²) in [5, 5.41) is 13.8. The van der Waals surface area contributed by atoms with E-state index in [-0.39, 0.29) is 17.9 Å². The fourth-order valence-corrected chi connectivity index (χ4v) is 3.38. The molecular weight excluding hydrogens is 280 g/mol. The summed E-state index contributed by atoms with van der Waals surface area (Å²) < 4.78 is 1.32. The molecule has 3 heterocycles. The van der Waals surface area contributed by atoms with Crippen LogP contribution in [0.15, 0.2) is 10.9 Å². The molecule has 0 aliphatic carbocycles. The zero-order valence-electron chi connectivity index (χ0n) is 10.9. The molecule has 1 saturated heterocycles. The van der Waals surface area contributed by atoms with Crippen LogP contribution in [-0.2, 0) is 11.3 Å². The number of carboxylic acids is 1. The summed E-state index contributed by atoms with van der Waals surface area (Å²) in [6.07, 6.45) is 0.219. The highest BCUT2D eigenvalue weighted by atomic mass is 32.1. The van der Waals surface area contributed by atoms with Crippen molar-refractivity contribution in [3.05, 3.63) is 27.1 Å². The molecule has 3 rings (SSSR count). The highest BCUT2D eigenvalue weighted by Crippen LogP contribution is 2.22. The van der Waals surface area contributed by atoms with Gasteiger partial charge in [0.1, 0.15) is 5.01 Å². The van der Waals surface area contributed by atoms with E-state index in [1.807, 2.05) is 0 Å². The predicted octanol–water partition coefficient (Wildman–Crippen LogP) is 0.366. The van der Waals surface area contributed by atoms with Crippen LogP contribution in [0.2, 0.25) is 0 Å². The van der Waals surface area contributed by atoms with E-state index in [0.29, 0.717) is 17.2 Å². The molecule has 106 valence electrons. The molecule has 1 aliphatic rings. The van der Waals surface area contributed by atoms with Crippen LogP contribution >= 0.6 is 11.3 Å². The Balaban J connectivity index is 1.69. The number of fused-ring (bicyclic) bond motifs is 1. The highest BCUT2D eigenvalue weighted by molar-refractivity contribution is 7.16. The van der Waals surface area contributed by atoms with Crippen LogP contribution in [-0.4, -0.2) is 43.7 Å². The van der Waals surface area contributed by atoms with Gasteiger partial charge in [-0.2, -0.15) is 9.61 Å². The quantitative estimate of drug-likeness (QED) is 0.876. The van der Waals surface area contributed by atoms with Crippen molar-refractivity contribution in [2.45, 2.75) is 19.9 Å². The van der Waals surface area contributed by atoms with Gasteiger partial charge in [-0.3, -0.25) is 14.5 Å². The first-order chi connectivity index (χ1) is 9.51. The van der Waals surface area contributed by atoms with E-state index in [2.05, 4.69) is 15.0 Å². The minimum Gasteiger partial charge on any atom is -0.481 e. The standard InChI is InChI=1S/C12H14N4O3S/c1-7-2-10(17)16-12(13-7)20-9(14-16)6-15-4-8(5-15)3-11(18)19/h2,8H,3-6H2,1H3,(H,18,19). The molecule has 0 aromatic carbocycles. The Kier molecular flexibility index (Phi) is 3.27. The summed E-state index contributed by atoms with van der Waals surface area (Å²) in [4.78, 5) is 29.3. The van der Waals surface area contributed by atoms with Crippen LogP contribution in [0, 0.1) is 12.8 Å². The van der Waals surface area contributed by atoms with Gasteiger partial charge >= 0.3 is 5.97 Å². The normalized spacial score (nSPS) is 16.4. The van der Waals surface area contributed by atoms with Gasteiger partial charge in [0.2, 0.25) is 4.96 Å². The number of carboxylic acid groups (broad SMARTS) is 1. The molecule has 8 heteroatoms. The smallest absolute Gasteiger partial charge is 0.303 e. The maximum atomic E-state index is 11.7. The topological polar surface area (TPSA) is 87.8 Å². The van der Waals surface area contributed by atoms with Crippen molar-refractivity contribution in [1.82, 2.24) is 19.5 Å². The molecule has 7 nitrogen and oxygen atoms in total. The van der Waals surface area contributed by atoms with E-state index in [4.69, 9.17) is 5.11 Å². The van der Waals surface area contributed by atoms with E-state index in [9.17, 15) is 9.59 Å². The van der Waals surface area contributed by atoms with Crippen molar-refractivity contribution in [2.75, 3.05) is 13.1 Å². The minimum atomic E-state index is -0.749. The van der Waals surface area contributed by atoms with Crippen LogP contribution in [0.4, 0.5) is 0 Å². The second-order valence-electron chi connectivity index (χ2n) is 5.08. The highest BCUT2D eigenvalue weighted by Gasteiger charge is 2.29. The van der Waals surface area contributed by atoms with Crippen LogP contribution < -0.4 is 5.56 Å². The Bertz CT molecular complexity index is 717. The lowest BCUT2D eigenvalue weighted by atomic mass is 9.97. The van der Waals surface area contributed by atoms with Gasteiger partial charge < -0.3 is 5.11 Å². The van der Waals surface area contributed by atoms with Crippen molar-refractivity contribution >= 4 is 22.3 Å². The van der Waals surface area contributed by atoms with Crippen LogP contribution in [0.3, 0.4) is 0 Å². The average molecular weight is 294 g/mol. The third-order valence-corrected chi connectivity index (χ3v) is 4.16. The molecule has 0 amide bonds. The first-order valence-corrected chi connectivity index (χ1v) is 7.13. The monoisotopic (exact) mass is 294 g/mol. The Morgan fingerprint density at radius 1 is 1.55 bits per heavy atom. The molecule has 0 spiro atoms. The van der Waals surface area contributed by atoms with Gasteiger partial charge in [0.05, 0.1) is 13.0 Å². The van der Waals surface area contributed by atoms with Gasteiger partial charge in [-0.1, -0.05) is 11.3 Å². The molecule has 0 unspecified atom stereocenters. The maximum absolute atomic E-state index is 11.7. The minimum absolute atomic E-state index is 0.164. The molecule has 1 fully saturated rings. The van der Waals surface area contributed by atoms with Gasteiger partial charge in [-0.15, -0.1) is 0 Å². The predicted molar refractivity (Wildman–Crippen MR) is 72.9 cm³/mol. The van der Waals surface area contributed by atoms with E-state index < -0.39 is 5.97 Å². The number of hydrogen-bond acceptors (Lipinski definition) is 6. The summed E-state index contributed by atoms with van der Waals surface area (Å²) >= 11 is 1.40. The lowest BCUT2D eigenvalue weighted by molar-refractivity contribution is -0.139. The van der Waals surface area contributed by atoms with Gasteiger partial charge in [-0.25, -0.2) is 4.98 Å². The Morgan fingerprint density at radius 3 is 3.00 bits per heavy atom. The fraction of sp³-hybridized carbons (Fsp3) is 0.500. The van der Waals surface area contributed by atoms with Crippen molar-refractivity contribution < 1.29 is 9.90 Å². The molecule has 1 aliphatic heterocycles. The van der Waals surface area contributed by atoms with Crippen molar-refractivity contribution in [3.63, 3.8) is 0 Å². The number of nitrogens with zero attached hydrogens (tertiary/aromatic N) is 4. The average Bonchev–Trinajstić information content (AvgIpc) is 2.68. The Labute approximate surface area is 118 Å². The second-order valence-corrected chi connectivity index (χ2v) is 6.12. The number of hydrogen-bond donors (Lipinski definition) is 1. The van der Waals surface area contributed by atoms with E-state index in [0.717, 1.165) is 18.1 Å². The summed E-state index contributed by atoms with van der Waals surface area (Å²) in [5.74, 6) is -0.522. The van der Waals surface area contributed by atoms with Crippen LogP contribution in [0.1, 0.15) is 17.1 Å². The SMILES string of the molecule is Cc1cc(=O)n2nc(CN3CC(CC(=O)O)C3)sc2n1. The summed E-state index contributed by atoms with van der Waals surface area (Å²) in [6, 6.07) is 1.46. The first kappa shape index (κ1) is 13.2. The summed E-state index contributed by atoms with van der Waals surface area (Å²) in [5.41, 5.74) is 0.526. The molecular formula is C12H14N4O3S. The first-order valence-electron chi connectivity index (χ1n) is 6.32. The van der Waals surface area contributed by atoms with Gasteiger partial charge in [0.15, 0.2) is 0 Å². The molecule has 2 aromatic rings. The third kappa shape index (κ3) is 2.56. The van der Waals surface area contributed by atoms with Crippen LogP contribution in [0.5, 0.6) is 0 Å². The third-order valence-electron chi connectivity index (χ3n) is 3.27. The summed E-state index contributed by atoms with van der Waals surface area (Å²) in [6.45, 7) is 3.96. The van der Waals surface area contributed by atoms with Crippen molar-refractivity contribution in [3.8, 4) is 0 Å². The second kappa shape index (κ2) is 4.95. The Morgan fingerprint density at radius 2 is 2.30 bits per heavy atom. The van der Waals surface area contributed by atoms with E-state index >= 15 is 0 Å². The number of rotatable bonds is 4. The van der Waals surface area contributed by atoms with Crippen molar-refractivity contribution in [2.24, 2.45) is 5.92 Å². The van der Waals surface area contributed by atoms with Gasteiger partial charge in [0.25, 0.3) is 5.56 Å². The molecule has 0 atom stereocenters. The number of aryl methyl sites for hydroxylation is 1. The zero-order valence-corrected chi connectivity index (χ0v) is 11.8. The molecule has 0 radical (unpaired) electrons. The van der Waals surface area contributed by atoms with Crippen LogP contribution in [0.25, 0.3) is 4.96 Å². The number of aliphatic carboxylic acids is 1. The lowest BCUT2D eigenvalue weighted by Gasteiger charge is -2.37. The maximum Gasteiger partial charge on any atom is 0.303 e. The largest absolute Gasteiger partial charge is 0.481 e. The molecule has 20 heavy (non-hydrogen) atoms. The number of carbonyl (C=O) groups is 1. The number of aromatic nitrogens is 3. The van der Waals surface area contributed by atoms with Gasteiger partial charge in [-0.05, 0) is 12.8 Å². The lowest BCUT2D eigenvalue weighted by Crippen LogP contribution is -2.46. The molecule has 1 N–H and O–H groups in total. The van der Waals surface area contributed by atoms with E-state index in [1.165, 1.54) is 21.9 Å². The zero-order chi connectivity index (χ0) is 14.3. The van der Waals surface area contributed by atoms with Crippen molar-refractivity contribution in [1.29, 1.82) is 0 Å².